The molecular formula is C21H26N2O6S. The van der Waals surface area contributed by atoms with Crippen molar-refractivity contribution in [2.75, 3.05) is 46.8 Å². The molecule has 1 saturated heterocycles. The van der Waals surface area contributed by atoms with Gasteiger partial charge >= 0.3 is 0 Å². The van der Waals surface area contributed by atoms with Crippen molar-refractivity contribution >= 4 is 10.0 Å². The number of rotatable bonds is 7. The summed E-state index contributed by atoms with van der Waals surface area (Å²) in [5.74, 6) is 1.69. The van der Waals surface area contributed by atoms with E-state index in [1.165, 1.54) is 7.11 Å². The maximum Gasteiger partial charge on any atom is 0.244 e. The lowest BCUT2D eigenvalue weighted by Crippen LogP contribution is -2.43. The smallest absolute Gasteiger partial charge is 0.244 e. The fourth-order valence-electron chi connectivity index (χ4n) is 3.73. The number of nitrogens with zero attached hydrogens (tertiary/aromatic N) is 1. The van der Waals surface area contributed by atoms with Crippen LogP contribution in [0.3, 0.4) is 0 Å². The standard InChI is InChI=1S/C21H26N2O6S/c1-15-3-5-19(26-2)21(11-15)30(24,25)22-13-17(23-7-9-27-10-8-23)16-4-6-18-20(12-16)29-14-28-18/h3-6,11-12,17,22H,7-10,13-14H2,1-2H3/t17-/m1/s1. The lowest BCUT2D eigenvalue weighted by molar-refractivity contribution is 0.0171. The minimum Gasteiger partial charge on any atom is -0.495 e. The second-order valence-corrected chi connectivity index (χ2v) is 9.02. The second-order valence-electron chi connectivity index (χ2n) is 7.28. The van der Waals surface area contributed by atoms with Crippen LogP contribution in [-0.2, 0) is 14.8 Å². The molecule has 1 N–H and O–H groups in total. The fourth-order valence-corrected chi connectivity index (χ4v) is 5.02. The number of aryl methyl sites for hydroxylation is 1. The number of benzene rings is 2. The first kappa shape index (κ1) is 20.9. The van der Waals surface area contributed by atoms with E-state index in [1.54, 1.807) is 12.1 Å². The topological polar surface area (TPSA) is 86.3 Å². The number of methoxy groups -OCH3 is 1. The molecule has 8 nitrogen and oxygen atoms in total. The maximum absolute atomic E-state index is 13.1. The van der Waals surface area contributed by atoms with E-state index in [1.807, 2.05) is 31.2 Å². The summed E-state index contributed by atoms with van der Waals surface area (Å²) >= 11 is 0. The van der Waals surface area contributed by atoms with Crippen LogP contribution in [0.5, 0.6) is 17.2 Å². The zero-order valence-corrected chi connectivity index (χ0v) is 17.9. The van der Waals surface area contributed by atoms with Crippen molar-refractivity contribution in [1.82, 2.24) is 9.62 Å². The highest BCUT2D eigenvalue weighted by Crippen LogP contribution is 2.36. The van der Waals surface area contributed by atoms with Crippen molar-refractivity contribution in [3.05, 3.63) is 47.5 Å². The summed E-state index contributed by atoms with van der Waals surface area (Å²) in [6, 6.07) is 10.7. The highest BCUT2D eigenvalue weighted by molar-refractivity contribution is 7.89. The Morgan fingerprint density at radius 1 is 1.10 bits per heavy atom. The number of hydrogen-bond acceptors (Lipinski definition) is 7. The molecule has 2 heterocycles. The normalized spacial score (nSPS) is 17.7. The van der Waals surface area contributed by atoms with E-state index in [9.17, 15) is 8.42 Å². The van der Waals surface area contributed by atoms with Crippen LogP contribution in [0, 0.1) is 6.92 Å². The molecule has 0 aromatic heterocycles. The summed E-state index contributed by atoms with van der Waals surface area (Å²) in [4.78, 5) is 2.35. The predicted octanol–water partition coefficient (Wildman–Crippen LogP) is 2.08. The van der Waals surface area contributed by atoms with Crippen molar-refractivity contribution in [2.45, 2.75) is 17.9 Å². The number of nitrogens with one attached hydrogen (secondary N) is 1. The average molecular weight is 435 g/mol. The average Bonchev–Trinajstić information content (AvgIpc) is 3.22. The van der Waals surface area contributed by atoms with E-state index >= 15 is 0 Å². The van der Waals surface area contributed by atoms with Gasteiger partial charge < -0.3 is 18.9 Å². The molecule has 0 saturated carbocycles. The molecule has 30 heavy (non-hydrogen) atoms. The number of ether oxygens (including phenoxy) is 4. The monoisotopic (exact) mass is 434 g/mol. The molecule has 4 rings (SSSR count). The Labute approximate surface area is 176 Å². The lowest BCUT2D eigenvalue weighted by atomic mass is 10.0. The van der Waals surface area contributed by atoms with Crippen LogP contribution in [0.25, 0.3) is 0 Å². The Morgan fingerprint density at radius 2 is 1.87 bits per heavy atom. The van der Waals surface area contributed by atoms with Crippen LogP contribution < -0.4 is 18.9 Å². The van der Waals surface area contributed by atoms with Gasteiger partial charge in [0.2, 0.25) is 16.8 Å². The highest BCUT2D eigenvalue weighted by atomic mass is 32.2. The quantitative estimate of drug-likeness (QED) is 0.714. The lowest BCUT2D eigenvalue weighted by Gasteiger charge is -2.35. The summed E-state index contributed by atoms with van der Waals surface area (Å²) in [5, 5.41) is 0. The van der Waals surface area contributed by atoms with Crippen LogP contribution in [0.2, 0.25) is 0 Å². The van der Waals surface area contributed by atoms with E-state index in [2.05, 4.69) is 9.62 Å². The third kappa shape index (κ3) is 4.39. The molecule has 0 unspecified atom stereocenters. The van der Waals surface area contributed by atoms with Gasteiger partial charge in [-0.15, -0.1) is 0 Å². The molecule has 2 aliphatic heterocycles. The first-order valence-corrected chi connectivity index (χ1v) is 11.3. The van der Waals surface area contributed by atoms with Gasteiger partial charge in [0.15, 0.2) is 11.5 Å². The van der Waals surface area contributed by atoms with Crippen molar-refractivity contribution in [2.24, 2.45) is 0 Å². The molecular weight excluding hydrogens is 408 g/mol. The molecule has 2 aromatic carbocycles. The van der Waals surface area contributed by atoms with Crippen LogP contribution in [0.15, 0.2) is 41.3 Å². The maximum atomic E-state index is 13.1. The zero-order valence-electron chi connectivity index (χ0n) is 17.1. The number of fused-ring (bicyclic) bond motifs is 1. The van der Waals surface area contributed by atoms with E-state index in [-0.39, 0.29) is 24.3 Å². The Hall–Kier alpha value is -2.33. The molecule has 162 valence electrons. The van der Waals surface area contributed by atoms with Crippen molar-refractivity contribution < 1.29 is 27.4 Å². The SMILES string of the molecule is COc1ccc(C)cc1S(=O)(=O)NC[C@H](c1ccc2c(c1)OCO2)N1CCOCC1. The Kier molecular flexibility index (Phi) is 6.14. The van der Waals surface area contributed by atoms with Gasteiger partial charge in [-0.2, -0.15) is 0 Å². The van der Waals surface area contributed by atoms with Gasteiger partial charge in [-0.1, -0.05) is 12.1 Å². The minimum absolute atomic E-state index is 0.136. The van der Waals surface area contributed by atoms with E-state index in [0.29, 0.717) is 43.6 Å². The highest BCUT2D eigenvalue weighted by Gasteiger charge is 2.28. The number of morpholine rings is 1. The number of hydrogen-bond donors (Lipinski definition) is 1. The van der Waals surface area contributed by atoms with Crippen molar-refractivity contribution in [3.8, 4) is 17.2 Å². The van der Waals surface area contributed by atoms with E-state index in [0.717, 1.165) is 11.1 Å². The van der Waals surface area contributed by atoms with Gasteiger partial charge in [0, 0.05) is 25.7 Å². The zero-order chi connectivity index (χ0) is 21.1. The molecule has 0 bridgehead atoms. The van der Waals surface area contributed by atoms with Gasteiger partial charge in [-0.05, 0) is 42.3 Å². The predicted molar refractivity (Wildman–Crippen MR) is 111 cm³/mol. The Balaban J connectivity index is 1.60. The molecule has 2 aliphatic rings. The molecule has 1 fully saturated rings. The minimum atomic E-state index is -3.77. The summed E-state index contributed by atoms with van der Waals surface area (Å²) in [6.07, 6.45) is 0. The fraction of sp³-hybridized carbons (Fsp3) is 0.429. The van der Waals surface area contributed by atoms with Gasteiger partial charge in [0.05, 0.1) is 20.3 Å². The third-order valence-corrected chi connectivity index (χ3v) is 6.79. The van der Waals surface area contributed by atoms with Crippen LogP contribution in [-0.4, -0.2) is 60.1 Å². The second kappa shape index (κ2) is 8.81. The van der Waals surface area contributed by atoms with Crippen LogP contribution in [0.1, 0.15) is 17.2 Å². The Morgan fingerprint density at radius 3 is 2.63 bits per heavy atom. The molecule has 2 aromatic rings. The molecule has 0 spiro atoms. The molecule has 0 aliphatic carbocycles. The van der Waals surface area contributed by atoms with Crippen molar-refractivity contribution in [1.29, 1.82) is 0 Å². The van der Waals surface area contributed by atoms with Crippen molar-refractivity contribution in [3.63, 3.8) is 0 Å². The first-order chi connectivity index (χ1) is 14.5. The van der Waals surface area contributed by atoms with Gasteiger partial charge in [-0.3, -0.25) is 4.90 Å². The third-order valence-electron chi connectivity index (χ3n) is 5.34. The van der Waals surface area contributed by atoms with Gasteiger partial charge in [-0.25, -0.2) is 13.1 Å². The van der Waals surface area contributed by atoms with Gasteiger partial charge in [0.1, 0.15) is 10.6 Å². The van der Waals surface area contributed by atoms with E-state index in [4.69, 9.17) is 18.9 Å². The summed E-state index contributed by atoms with van der Waals surface area (Å²) < 4.78 is 50.6. The van der Waals surface area contributed by atoms with Crippen LogP contribution in [0.4, 0.5) is 0 Å². The molecule has 1 atom stereocenters. The van der Waals surface area contributed by atoms with Crippen LogP contribution >= 0.6 is 0 Å². The molecule has 0 amide bonds. The number of sulfonamides is 1. The van der Waals surface area contributed by atoms with Gasteiger partial charge in [0.25, 0.3) is 0 Å². The largest absolute Gasteiger partial charge is 0.495 e. The summed E-state index contributed by atoms with van der Waals surface area (Å²) in [5.41, 5.74) is 1.80. The summed E-state index contributed by atoms with van der Waals surface area (Å²) in [7, 11) is -2.30. The first-order valence-electron chi connectivity index (χ1n) is 9.83. The molecule has 0 radical (unpaired) electrons. The summed E-state index contributed by atoms with van der Waals surface area (Å²) in [6.45, 7) is 4.91. The molecule has 9 heteroatoms. The Bertz CT molecular complexity index is 1000. The van der Waals surface area contributed by atoms with E-state index < -0.39 is 10.0 Å².